The molecule has 0 bridgehead atoms. The summed E-state index contributed by atoms with van der Waals surface area (Å²) in [5.74, 6) is 0.800. The standard InChI is InChI=1S/C17H16N6O/c18-17(24)19-15-9-11(6-8-14(15)16-20-22-23-21-16)13-7-5-10-3-1-2-4-12(10)13/h1-4,6,8-9,13H,5,7H2,(H3,18,19,24)(H,20,21,22,23). The highest BCUT2D eigenvalue weighted by atomic mass is 16.2. The Balaban J connectivity index is 1.77. The summed E-state index contributed by atoms with van der Waals surface area (Å²) in [6.07, 6.45) is 2.12. The first-order chi connectivity index (χ1) is 11.7. The molecule has 4 N–H and O–H groups in total. The Morgan fingerprint density at radius 3 is 2.92 bits per heavy atom. The number of benzene rings is 2. The molecule has 0 saturated heterocycles. The van der Waals surface area contributed by atoms with Crippen LogP contribution < -0.4 is 11.1 Å². The molecule has 120 valence electrons. The first-order valence-electron chi connectivity index (χ1n) is 7.74. The van der Waals surface area contributed by atoms with Crippen LogP contribution in [0.25, 0.3) is 11.4 Å². The lowest BCUT2D eigenvalue weighted by molar-refractivity contribution is 0.259. The molecule has 1 atom stereocenters. The predicted octanol–water partition coefficient (Wildman–Crippen LogP) is 2.44. The van der Waals surface area contributed by atoms with Crippen molar-refractivity contribution in [1.82, 2.24) is 20.6 Å². The van der Waals surface area contributed by atoms with Crippen LogP contribution in [-0.2, 0) is 6.42 Å². The molecule has 1 aliphatic rings. The molecule has 0 fully saturated rings. The SMILES string of the molecule is NC(=O)Nc1cc(C2CCc3ccccc32)ccc1-c1nnn[nH]1. The van der Waals surface area contributed by atoms with Crippen LogP contribution in [0, 0.1) is 0 Å². The van der Waals surface area contributed by atoms with Gasteiger partial charge in [0.25, 0.3) is 0 Å². The average molecular weight is 320 g/mol. The van der Waals surface area contributed by atoms with Crippen molar-refractivity contribution < 1.29 is 4.79 Å². The number of hydrogen-bond acceptors (Lipinski definition) is 4. The van der Waals surface area contributed by atoms with Crippen molar-refractivity contribution in [2.24, 2.45) is 5.73 Å². The van der Waals surface area contributed by atoms with Gasteiger partial charge >= 0.3 is 6.03 Å². The van der Waals surface area contributed by atoms with Crippen LogP contribution in [0.1, 0.15) is 29.0 Å². The molecule has 0 radical (unpaired) electrons. The van der Waals surface area contributed by atoms with Gasteiger partial charge in [-0.3, -0.25) is 0 Å². The summed E-state index contributed by atoms with van der Waals surface area (Å²) in [6, 6.07) is 13.8. The molecule has 1 unspecified atom stereocenters. The van der Waals surface area contributed by atoms with Gasteiger partial charge in [-0.15, -0.1) is 5.10 Å². The highest BCUT2D eigenvalue weighted by Crippen LogP contribution is 2.40. The minimum Gasteiger partial charge on any atom is -0.351 e. The third-order valence-electron chi connectivity index (χ3n) is 4.44. The van der Waals surface area contributed by atoms with E-state index in [0.717, 1.165) is 18.4 Å². The summed E-state index contributed by atoms with van der Waals surface area (Å²) in [7, 11) is 0. The number of aryl methyl sites for hydroxylation is 1. The fourth-order valence-corrected chi connectivity index (χ4v) is 3.40. The monoisotopic (exact) mass is 320 g/mol. The zero-order valence-electron chi connectivity index (χ0n) is 12.9. The second-order valence-corrected chi connectivity index (χ2v) is 5.83. The molecular formula is C17H16N6O. The van der Waals surface area contributed by atoms with Crippen LogP contribution in [0.15, 0.2) is 42.5 Å². The summed E-state index contributed by atoms with van der Waals surface area (Å²) in [4.78, 5) is 11.4. The highest BCUT2D eigenvalue weighted by molar-refractivity contribution is 5.92. The van der Waals surface area contributed by atoms with E-state index in [-0.39, 0.29) is 0 Å². The molecule has 1 aliphatic carbocycles. The van der Waals surface area contributed by atoms with Crippen molar-refractivity contribution in [1.29, 1.82) is 0 Å². The lowest BCUT2D eigenvalue weighted by Gasteiger charge is -2.15. The summed E-state index contributed by atoms with van der Waals surface area (Å²) in [5.41, 5.74) is 10.5. The normalized spacial score (nSPS) is 15.9. The minimum atomic E-state index is -0.618. The average Bonchev–Trinajstić information content (AvgIpc) is 3.24. The van der Waals surface area contributed by atoms with Gasteiger partial charge in [-0.1, -0.05) is 30.3 Å². The number of hydrogen-bond donors (Lipinski definition) is 3. The molecular weight excluding hydrogens is 304 g/mol. The fraction of sp³-hybridized carbons (Fsp3) is 0.176. The van der Waals surface area contributed by atoms with E-state index in [2.05, 4.69) is 56.3 Å². The zero-order valence-corrected chi connectivity index (χ0v) is 12.9. The van der Waals surface area contributed by atoms with Crippen molar-refractivity contribution in [2.75, 3.05) is 5.32 Å². The number of amides is 2. The summed E-state index contributed by atoms with van der Waals surface area (Å²) in [5, 5.41) is 16.5. The molecule has 1 heterocycles. The number of aromatic nitrogens is 4. The van der Waals surface area contributed by atoms with Crippen LogP contribution in [0.5, 0.6) is 0 Å². The third kappa shape index (κ3) is 2.50. The van der Waals surface area contributed by atoms with Gasteiger partial charge in [0.05, 0.1) is 5.69 Å². The topological polar surface area (TPSA) is 110 Å². The van der Waals surface area contributed by atoms with E-state index in [1.165, 1.54) is 11.1 Å². The molecule has 7 heteroatoms. The number of primary amides is 1. The Morgan fingerprint density at radius 2 is 2.12 bits per heavy atom. The number of rotatable bonds is 3. The third-order valence-corrected chi connectivity index (χ3v) is 4.44. The number of carbonyl (C=O) groups is 1. The second kappa shape index (κ2) is 5.77. The maximum Gasteiger partial charge on any atom is 0.316 e. The molecule has 0 aliphatic heterocycles. The van der Waals surface area contributed by atoms with E-state index in [1.54, 1.807) is 0 Å². The summed E-state index contributed by atoms with van der Waals surface area (Å²) < 4.78 is 0. The summed E-state index contributed by atoms with van der Waals surface area (Å²) >= 11 is 0. The Kier molecular flexibility index (Phi) is 3.45. The van der Waals surface area contributed by atoms with Crippen molar-refractivity contribution in [2.45, 2.75) is 18.8 Å². The first kappa shape index (κ1) is 14.4. The highest BCUT2D eigenvalue weighted by Gasteiger charge is 2.24. The van der Waals surface area contributed by atoms with E-state index in [0.29, 0.717) is 23.0 Å². The molecule has 0 spiro atoms. The maximum absolute atomic E-state index is 11.4. The number of tetrazole rings is 1. The first-order valence-corrected chi connectivity index (χ1v) is 7.74. The smallest absolute Gasteiger partial charge is 0.316 e. The lowest BCUT2D eigenvalue weighted by Crippen LogP contribution is -2.20. The molecule has 2 aromatic carbocycles. The van der Waals surface area contributed by atoms with Gasteiger partial charge in [-0.05, 0) is 52.1 Å². The minimum absolute atomic E-state index is 0.316. The van der Waals surface area contributed by atoms with Gasteiger partial charge in [-0.25, -0.2) is 9.89 Å². The van der Waals surface area contributed by atoms with Gasteiger partial charge < -0.3 is 11.1 Å². The van der Waals surface area contributed by atoms with Gasteiger partial charge in [0.1, 0.15) is 0 Å². The number of carbonyl (C=O) groups excluding carboxylic acids is 1. The van der Waals surface area contributed by atoms with Crippen molar-refractivity contribution >= 4 is 11.7 Å². The Labute approximate surface area is 138 Å². The molecule has 3 aromatic rings. The van der Waals surface area contributed by atoms with E-state index in [9.17, 15) is 4.79 Å². The predicted molar refractivity (Wildman–Crippen MR) is 89.4 cm³/mol. The Bertz CT molecular complexity index is 890. The van der Waals surface area contributed by atoms with E-state index in [4.69, 9.17) is 5.73 Å². The molecule has 24 heavy (non-hydrogen) atoms. The van der Waals surface area contributed by atoms with Gasteiger partial charge in [0.15, 0.2) is 5.82 Å². The number of aromatic amines is 1. The van der Waals surface area contributed by atoms with Crippen LogP contribution in [0.2, 0.25) is 0 Å². The second-order valence-electron chi connectivity index (χ2n) is 5.83. The number of fused-ring (bicyclic) bond motifs is 1. The maximum atomic E-state index is 11.4. The molecule has 7 nitrogen and oxygen atoms in total. The zero-order chi connectivity index (χ0) is 16.5. The Hall–Kier alpha value is -3.22. The van der Waals surface area contributed by atoms with Gasteiger partial charge in [0, 0.05) is 11.5 Å². The van der Waals surface area contributed by atoms with E-state index >= 15 is 0 Å². The van der Waals surface area contributed by atoms with Crippen molar-refractivity contribution in [3.63, 3.8) is 0 Å². The van der Waals surface area contributed by atoms with Crippen LogP contribution in [0.4, 0.5) is 10.5 Å². The fourth-order valence-electron chi connectivity index (χ4n) is 3.40. The Morgan fingerprint density at radius 1 is 1.25 bits per heavy atom. The lowest BCUT2D eigenvalue weighted by atomic mass is 9.91. The number of urea groups is 1. The van der Waals surface area contributed by atoms with Gasteiger partial charge in [0.2, 0.25) is 0 Å². The quantitative estimate of drug-likeness (QED) is 0.688. The molecule has 1 aromatic heterocycles. The van der Waals surface area contributed by atoms with Crippen molar-refractivity contribution in [3.8, 4) is 11.4 Å². The van der Waals surface area contributed by atoms with Crippen molar-refractivity contribution in [3.05, 3.63) is 59.2 Å². The number of nitrogens with one attached hydrogen (secondary N) is 2. The van der Waals surface area contributed by atoms with Crippen LogP contribution in [-0.4, -0.2) is 26.7 Å². The van der Waals surface area contributed by atoms with E-state index in [1.807, 2.05) is 12.1 Å². The molecule has 2 amide bonds. The number of nitrogens with two attached hydrogens (primary N) is 1. The largest absolute Gasteiger partial charge is 0.351 e. The van der Waals surface area contributed by atoms with Crippen LogP contribution >= 0.6 is 0 Å². The van der Waals surface area contributed by atoms with Crippen LogP contribution in [0.3, 0.4) is 0 Å². The summed E-state index contributed by atoms with van der Waals surface area (Å²) in [6.45, 7) is 0. The van der Waals surface area contributed by atoms with Gasteiger partial charge in [-0.2, -0.15) is 0 Å². The number of anilines is 1. The number of nitrogens with zero attached hydrogens (tertiary/aromatic N) is 3. The number of H-pyrrole nitrogens is 1. The molecule has 0 saturated carbocycles. The van der Waals surface area contributed by atoms with E-state index < -0.39 is 6.03 Å². The molecule has 4 rings (SSSR count).